The van der Waals surface area contributed by atoms with Gasteiger partial charge >= 0.3 is 0 Å². The number of thiophene rings is 1. The highest BCUT2D eigenvalue weighted by atomic mass is 32.2. The van der Waals surface area contributed by atoms with Gasteiger partial charge in [-0.15, -0.1) is 21.5 Å². The number of hydrogen-bond donors (Lipinski definition) is 2. The number of aromatic nitrogens is 3. The third kappa shape index (κ3) is 6.23. The minimum atomic E-state index is 0.707. The molecule has 0 spiro atoms. The highest BCUT2D eigenvalue weighted by molar-refractivity contribution is 7.98. The van der Waals surface area contributed by atoms with Gasteiger partial charge in [0.2, 0.25) is 0 Å². The predicted octanol–water partition coefficient (Wildman–Crippen LogP) is 2.00. The Morgan fingerprint density at radius 3 is 3.00 bits per heavy atom. The first kappa shape index (κ1) is 17.8. The molecule has 0 saturated carbocycles. The number of hydrogen-bond acceptors (Lipinski definition) is 5. The lowest BCUT2D eigenvalue weighted by Crippen LogP contribution is -2.40. The molecule has 0 saturated heterocycles. The van der Waals surface area contributed by atoms with Crippen molar-refractivity contribution in [1.29, 1.82) is 0 Å². The fraction of sp³-hybridized carbons (Fsp3) is 0.533. The third-order valence-corrected chi connectivity index (χ3v) is 4.70. The summed E-state index contributed by atoms with van der Waals surface area (Å²) in [4.78, 5) is 5.92. The van der Waals surface area contributed by atoms with E-state index in [9.17, 15) is 0 Å². The zero-order valence-corrected chi connectivity index (χ0v) is 15.3. The molecule has 2 heterocycles. The summed E-state index contributed by atoms with van der Waals surface area (Å²) in [5.74, 6) is 2.93. The Balaban J connectivity index is 1.84. The molecule has 0 aliphatic carbocycles. The van der Waals surface area contributed by atoms with Crippen LogP contribution >= 0.6 is 23.1 Å². The average molecular weight is 353 g/mol. The van der Waals surface area contributed by atoms with Gasteiger partial charge in [0.1, 0.15) is 12.2 Å². The van der Waals surface area contributed by atoms with E-state index in [2.05, 4.69) is 61.1 Å². The van der Waals surface area contributed by atoms with E-state index in [0.717, 1.165) is 43.6 Å². The standard InChI is InChI=1S/C15H24N6S2/c1-3-14-20-19-12-21(14)8-6-16-15(17-7-10-22-2)18-11-13-5-4-9-23-13/h4-5,9,12H,3,6-8,10-11H2,1-2H3,(H2,16,17,18). The second kappa shape index (κ2) is 10.3. The van der Waals surface area contributed by atoms with Gasteiger partial charge in [-0.25, -0.2) is 4.99 Å². The Hall–Kier alpha value is -1.54. The van der Waals surface area contributed by atoms with Crippen LogP contribution in [0, 0.1) is 0 Å². The van der Waals surface area contributed by atoms with E-state index in [1.54, 1.807) is 17.7 Å². The van der Waals surface area contributed by atoms with Crippen LogP contribution in [-0.2, 0) is 19.5 Å². The summed E-state index contributed by atoms with van der Waals surface area (Å²) in [7, 11) is 0. The van der Waals surface area contributed by atoms with Crippen molar-refractivity contribution in [2.75, 3.05) is 25.1 Å². The minimum absolute atomic E-state index is 0.707. The second-order valence-corrected chi connectivity index (χ2v) is 6.90. The van der Waals surface area contributed by atoms with Gasteiger partial charge in [0.05, 0.1) is 6.54 Å². The first-order valence-corrected chi connectivity index (χ1v) is 10.0. The summed E-state index contributed by atoms with van der Waals surface area (Å²) >= 11 is 3.56. The molecule has 2 N–H and O–H groups in total. The number of nitrogens with one attached hydrogen (secondary N) is 2. The molecule has 0 fully saturated rings. The number of guanidine groups is 1. The van der Waals surface area contributed by atoms with Crippen molar-refractivity contribution in [3.05, 3.63) is 34.5 Å². The van der Waals surface area contributed by atoms with Crippen molar-refractivity contribution in [3.63, 3.8) is 0 Å². The Morgan fingerprint density at radius 1 is 1.39 bits per heavy atom. The average Bonchev–Trinajstić information content (AvgIpc) is 3.23. The van der Waals surface area contributed by atoms with Crippen LogP contribution in [0.1, 0.15) is 17.6 Å². The van der Waals surface area contributed by atoms with Crippen molar-refractivity contribution in [1.82, 2.24) is 25.4 Å². The molecule has 0 aliphatic rings. The zero-order chi connectivity index (χ0) is 16.3. The summed E-state index contributed by atoms with van der Waals surface area (Å²) in [6, 6.07) is 4.17. The van der Waals surface area contributed by atoms with Gasteiger partial charge < -0.3 is 15.2 Å². The second-order valence-electron chi connectivity index (χ2n) is 4.88. The van der Waals surface area contributed by atoms with Gasteiger partial charge in [0.25, 0.3) is 0 Å². The Morgan fingerprint density at radius 2 is 2.26 bits per heavy atom. The molecule has 0 aliphatic heterocycles. The zero-order valence-electron chi connectivity index (χ0n) is 13.7. The van der Waals surface area contributed by atoms with Gasteiger partial charge in [-0.05, 0) is 17.7 Å². The number of rotatable bonds is 9. The van der Waals surface area contributed by atoms with E-state index in [1.165, 1.54) is 4.88 Å². The van der Waals surface area contributed by atoms with Crippen LogP contribution in [0.25, 0.3) is 0 Å². The molecule has 2 rings (SSSR count). The summed E-state index contributed by atoms with van der Waals surface area (Å²) in [5.41, 5.74) is 0. The smallest absolute Gasteiger partial charge is 0.191 e. The van der Waals surface area contributed by atoms with Crippen LogP contribution in [0.2, 0.25) is 0 Å². The molecular formula is C15H24N6S2. The molecule has 23 heavy (non-hydrogen) atoms. The summed E-state index contributed by atoms with van der Waals surface area (Å²) in [5, 5.41) is 16.9. The van der Waals surface area contributed by atoms with Crippen LogP contribution in [0.3, 0.4) is 0 Å². The quantitative estimate of drug-likeness (QED) is 0.410. The predicted molar refractivity (Wildman–Crippen MR) is 99.2 cm³/mol. The molecule has 0 atom stereocenters. The molecule has 2 aromatic heterocycles. The van der Waals surface area contributed by atoms with Crippen LogP contribution < -0.4 is 10.6 Å². The van der Waals surface area contributed by atoms with Gasteiger partial charge in [0, 0.05) is 36.7 Å². The van der Waals surface area contributed by atoms with Crippen molar-refractivity contribution >= 4 is 29.1 Å². The van der Waals surface area contributed by atoms with E-state index >= 15 is 0 Å². The van der Waals surface area contributed by atoms with E-state index in [4.69, 9.17) is 0 Å². The van der Waals surface area contributed by atoms with Crippen molar-refractivity contribution in [2.45, 2.75) is 26.4 Å². The maximum atomic E-state index is 4.65. The molecule has 0 bridgehead atoms. The van der Waals surface area contributed by atoms with Crippen molar-refractivity contribution in [3.8, 4) is 0 Å². The molecule has 6 nitrogen and oxygen atoms in total. The molecule has 0 unspecified atom stereocenters. The molecule has 126 valence electrons. The Labute approximate surface area is 145 Å². The van der Waals surface area contributed by atoms with Crippen LogP contribution in [-0.4, -0.2) is 45.8 Å². The van der Waals surface area contributed by atoms with Crippen LogP contribution in [0.15, 0.2) is 28.8 Å². The van der Waals surface area contributed by atoms with Crippen molar-refractivity contribution < 1.29 is 0 Å². The first-order valence-electron chi connectivity index (χ1n) is 7.73. The molecular weight excluding hydrogens is 328 g/mol. The lowest BCUT2D eigenvalue weighted by Gasteiger charge is -2.13. The van der Waals surface area contributed by atoms with Crippen molar-refractivity contribution in [2.24, 2.45) is 4.99 Å². The summed E-state index contributed by atoms with van der Waals surface area (Å²) in [6.45, 7) is 5.33. The number of thioether (sulfide) groups is 1. The SMILES string of the molecule is CCc1nncn1CCNC(=NCc1cccs1)NCCSC. The lowest BCUT2D eigenvalue weighted by molar-refractivity contribution is 0.633. The Kier molecular flexibility index (Phi) is 7.96. The highest BCUT2D eigenvalue weighted by Crippen LogP contribution is 2.09. The van der Waals surface area contributed by atoms with Crippen LogP contribution in [0.4, 0.5) is 0 Å². The Bertz CT molecular complexity index is 579. The molecule has 0 radical (unpaired) electrons. The van der Waals surface area contributed by atoms with Gasteiger partial charge in [-0.2, -0.15) is 11.8 Å². The first-order chi connectivity index (χ1) is 11.3. The maximum Gasteiger partial charge on any atom is 0.191 e. The van der Waals surface area contributed by atoms with E-state index in [-0.39, 0.29) is 0 Å². The highest BCUT2D eigenvalue weighted by Gasteiger charge is 2.03. The fourth-order valence-corrected chi connectivity index (χ4v) is 2.97. The van der Waals surface area contributed by atoms with Gasteiger partial charge in [-0.1, -0.05) is 13.0 Å². The van der Waals surface area contributed by atoms with Gasteiger partial charge in [0.15, 0.2) is 5.96 Å². The summed E-state index contributed by atoms with van der Waals surface area (Å²) in [6.07, 6.45) is 4.78. The molecule has 0 amide bonds. The van der Waals surface area contributed by atoms with Crippen LogP contribution in [0.5, 0.6) is 0 Å². The van der Waals surface area contributed by atoms with E-state index in [1.807, 2.05) is 11.8 Å². The number of nitrogens with zero attached hydrogens (tertiary/aromatic N) is 4. The topological polar surface area (TPSA) is 67.1 Å². The molecule has 2 aromatic rings. The van der Waals surface area contributed by atoms with Gasteiger partial charge in [-0.3, -0.25) is 0 Å². The normalized spacial score (nSPS) is 11.7. The third-order valence-electron chi connectivity index (χ3n) is 3.23. The molecule has 0 aromatic carbocycles. The van der Waals surface area contributed by atoms with E-state index < -0.39 is 0 Å². The number of aryl methyl sites for hydroxylation is 1. The summed E-state index contributed by atoms with van der Waals surface area (Å²) < 4.78 is 2.08. The lowest BCUT2D eigenvalue weighted by atomic mass is 10.4. The van der Waals surface area contributed by atoms with E-state index in [0.29, 0.717) is 6.54 Å². The largest absolute Gasteiger partial charge is 0.356 e. The monoisotopic (exact) mass is 352 g/mol. The molecule has 8 heteroatoms. The maximum absolute atomic E-state index is 4.65. The number of aliphatic imine (C=N–C) groups is 1. The fourth-order valence-electron chi connectivity index (χ4n) is 2.04. The minimum Gasteiger partial charge on any atom is -0.356 e.